The van der Waals surface area contributed by atoms with Gasteiger partial charge in [-0.15, -0.1) is 0 Å². The van der Waals surface area contributed by atoms with Crippen LogP contribution in [0.2, 0.25) is 5.02 Å². The number of halogens is 4. The molecule has 0 fully saturated rings. The minimum atomic E-state index is -4.83. The number of methoxy groups -OCH3 is 1. The molecule has 13 heteroatoms. The van der Waals surface area contributed by atoms with Gasteiger partial charge in [0.05, 0.1) is 53.5 Å². The van der Waals surface area contributed by atoms with Gasteiger partial charge in [0.15, 0.2) is 0 Å². The predicted molar refractivity (Wildman–Crippen MR) is 143 cm³/mol. The summed E-state index contributed by atoms with van der Waals surface area (Å²) >= 11 is 6.28. The smallest absolute Gasteiger partial charge is 0.417 e. The van der Waals surface area contributed by atoms with Crippen molar-refractivity contribution in [2.75, 3.05) is 33.9 Å². The molecule has 2 aromatic rings. The molecule has 0 aliphatic carbocycles. The van der Waals surface area contributed by atoms with Crippen molar-refractivity contribution in [2.24, 2.45) is 0 Å². The number of benzene rings is 2. The van der Waals surface area contributed by atoms with Crippen LogP contribution in [0.4, 0.5) is 13.2 Å². The quantitative estimate of drug-likeness (QED) is 0.308. The van der Waals surface area contributed by atoms with E-state index in [2.05, 4.69) is 0 Å². The number of allylic oxidation sites excluding steroid dienone is 1. The fraction of sp³-hybridized carbons (Fsp3) is 0.310. The molecule has 4 rings (SSSR count). The average Bonchev–Trinajstić information content (AvgIpc) is 3.19. The van der Waals surface area contributed by atoms with Gasteiger partial charge in [0.1, 0.15) is 12.2 Å². The number of alkyl halides is 3. The Labute approximate surface area is 244 Å². The number of ether oxygens (including phenoxy) is 3. The Bertz CT molecular complexity index is 1500. The van der Waals surface area contributed by atoms with E-state index < -0.39 is 46.4 Å². The highest BCUT2D eigenvalue weighted by molar-refractivity contribution is 6.32. The normalized spacial score (nSPS) is 17.1. The van der Waals surface area contributed by atoms with Gasteiger partial charge in [-0.3, -0.25) is 14.5 Å². The monoisotopic (exact) mass is 606 g/mol. The van der Waals surface area contributed by atoms with E-state index in [1.165, 1.54) is 37.1 Å². The molecule has 0 N–H and O–H groups in total. The molecule has 2 aromatic carbocycles. The number of amides is 2. The molecular formula is C29H26ClF3N2O7. The number of carbonyl (C=O) groups is 4. The maximum absolute atomic E-state index is 13.8. The topological polar surface area (TPSA) is 102 Å². The third kappa shape index (κ3) is 5.34. The van der Waals surface area contributed by atoms with Crippen molar-refractivity contribution in [3.8, 4) is 0 Å². The number of nitrogens with zero attached hydrogens (tertiary/aromatic N) is 2. The molecule has 222 valence electrons. The molecule has 2 heterocycles. The molecule has 1 unspecified atom stereocenters. The lowest BCUT2D eigenvalue weighted by atomic mass is 9.80. The van der Waals surface area contributed by atoms with Crippen molar-refractivity contribution >= 4 is 35.4 Å². The molecular weight excluding hydrogens is 581 g/mol. The van der Waals surface area contributed by atoms with Gasteiger partial charge < -0.3 is 19.1 Å². The number of hydrogen-bond acceptors (Lipinski definition) is 8. The summed E-state index contributed by atoms with van der Waals surface area (Å²) in [5.74, 6) is -4.57. The van der Waals surface area contributed by atoms with Gasteiger partial charge >= 0.3 is 18.1 Å². The molecule has 0 bridgehead atoms. The minimum absolute atomic E-state index is 0.0523. The number of imide groups is 1. The Balaban J connectivity index is 1.80. The Morgan fingerprint density at radius 2 is 1.60 bits per heavy atom. The predicted octanol–water partition coefficient (Wildman–Crippen LogP) is 4.92. The van der Waals surface area contributed by atoms with Gasteiger partial charge in [0.2, 0.25) is 5.88 Å². The van der Waals surface area contributed by atoms with Crippen molar-refractivity contribution in [1.29, 1.82) is 0 Å². The molecule has 0 aromatic heterocycles. The Kier molecular flexibility index (Phi) is 8.67. The van der Waals surface area contributed by atoms with Crippen molar-refractivity contribution in [3.63, 3.8) is 0 Å². The molecule has 2 aliphatic heterocycles. The van der Waals surface area contributed by atoms with Crippen LogP contribution in [0, 0.1) is 0 Å². The summed E-state index contributed by atoms with van der Waals surface area (Å²) in [6, 6.07) is 9.46. The third-order valence-corrected chi connectivity index (χ3v) is 7.40. The van der Waals surface area contributed by atoms with Gasteiger partial charge in [-0.2, -0.15) is 13.2 Å². The Morgan fingerprint density at radius 3 is 2.14 bits per heavy atom. The zero-order valence-corrected chi connectivity index (χ0v) is 23.8. The minimum Gasteiger partial charge on any atom is -0.477 e. The van der Waals surface area contributed by atoms with E-state index in [1.807, 2.05) is 0 Å². The van der Waals surface area contributed by atoms with Crippen molar-refractivity contribution in [2.45, 2.75) is 25.9 Å². The van der Waals surface area contributed by atoms with Crippen LogP contribution in [-0.2, 0) is 30.0 Å². The Hall–Kier alpha value is -4.32. The lowest BCUT2D eigenvalue weighted by Gasteiger charge is -2.36. The summed E-state index contributed by atoms with van der Waals surface area (Å²) in [6.45, 7) is 2.50. The molecule has 1 atom stereocenters. The molecule has 0 spiro atoms. The zero-order chi connectivity index (χ0) is 30.9. The standard InChI is InChI=1S/C29H26ClF3N2O7/c1-5-41-28(39)20-15(2)34(3)26(42-14-13-35-24(36)16-9-6-7-10-17(16)25(35)37)22(27(38)40-4)21(20)18-11-8-12-19(23(18)30)29(31,32)33/h6-12,21H,5,13-14H2,1-4H3. The second kappa shape index (κ2) is 11.9. The summed E-state index contributed by atoms with van der Waals surface area (Å²) in [4.78, 5) is 54.3. The van der Waals surface area contributed by atoms with E-state index in [4.69, 9.17) is 25.8 Å². The highest BCUT2D eigenvalue weighted by Crippen LogP contribution is 2.47. The van der Waals surface area contributed by atoms with Crippen molar-refractivity contribution in [1.82, 2.24) is 9.80 Å². The first-order valence-electron chi connectivity index (χ1n) is 12.7. The highest BCUT2D eigenvalue weighted by Gasteiger charge is 2.45. The molecule has 0 saturated carbocycles. The summed E-state index contributed by atoms with van der Waals surface area (Å²) in [5, 5.41) is -0.721. The summed E-state index contributed by atoms with van der Waals surface area (Å²) in [6.07, 6.45) is -4.83. The second-order valence-electron chi connectivity index (χ2n) is 9.28. The lowest BCUT2D eigenvalue weighted by Crippen LogP contribution is -2.37. The van der Waals surface area contributed by atoms with Crippen LogP contribution in [-0.4, -0.2) is 67.5 Å². The van der Waals surface area contributed by atoms with Gasteiger partial charge in [-0.05, 0) is 37.6 Å². The molecule has 42 heavy (non-hydrogen) atoms. The van der Waals surface area contributed by atoms with E-state index in [0.717, 1.165) is 24.1 Å². The van der Waals surface area contributed by atoms with Crippen LogP contribution >= 0.6 is 11.6 Å². The molecule has 2 amide bonds. The molecule has 9 nitrogen and oxygen atoms in total. The van der Waals surface area contributed by atoms with E-state index >= 15 is 0 Å². The number of esters is 2. The van der Waals surface area contributed by atoms with Crippen LogP contribution in [0.15, 0.2) is 65.2 Å². The van der Waals surface area contributed by atoms with Crippen LogP contribution < -0.4 is 0 Å². The molecule has 0 saturated heterocycles. The summed E-state index contributed by atoms with van der Waals surface area (Å²) in [7, 11) is 2.53. The van der Waals surface area contributed by atoms with Gasteiger partial charge in [0, 0.05) is 12.7 Å². The SMILES string of the molecule is CCOC(=O)C1=C(C)N(C)C(OCCN2C(=O)c3ccccc3C2=O)=C(C(=O)OC)C1c1cccc(C(F)(F)F)c1Cl. The van der Waals surface area contributed by atoms with Gasteiger partial charge in [-0.1, -0.05) is 35.9 Å². The maximum Gasteiger partial charge on any atom is 0.417 e. The Morgan fingerprint density at radius 1 is 0.976 bits per heavy atom. The van der Waals surface area contributed by atoms with Gasteiger partial charge in [0.25, 0.3) is 11.8 Å². The van der Waals surface area contributed by atoms with Crippen LogP contribution in [0.1, 0.15) is 51.6 Å². The zero-order valence-electron chi connectivity index (χ0n) is 23.0. The van der Waals surface area contributed by atoms with Crippen molar-refractivity contribution < 1.29 is 46.6 Å². The number of carbonyl (C=O) groups excluding carboxylic acids is 4. The largest absolute Gasteiger partial charge is 0.477 e. The summed E-state index contributed by atoms with van der Waals surface area (Å²) < 4.78 is 57.5. The van der Waals surface area contributed by atoms with E-state index in [1.54, 1.807) is 19.1 Å². The summed E-state index contributed by atoms with van der Waals surface area (Å²) in [5.41, 5.74) is -1.16. The van der Waals surface area contributed by atoms with E-state index in [0.29, 0.717) is 0 Å². The average molecular weight is 607 g/mol. The fourth-order valence-corrected chi connectivity index (χ4v) is 5.28. The van der Waals surface area contributed by atoms with Crippen molar-refractivity contribution in [3.05, 3.63) is 92.5 Å². The first-order chi connectivity index (χ1) is 19.8. The van der Waals surface area contributed by atoms with E-state index in [9.17, 15) is 32.3 Å². The van der Waals surface area contributed by atoms with E-state index in [-0.39, 0.29) is 59.2 Å². The number of rotatable bonds is 8. The molecule has 0 radical (unpaired) electrons. The highest BCUT2D eigenvalue weighted by atomic mass is 35.5. The third-order valence-electron chi connectivity index (χ3n) is 6.98. The lowest BCUT2D eigenvalue weighted by molar-refractivity contribution is -0.139. The first-order valence-corrected chi connectivity index (χ1v) is 13.1. The van der Waals surface area contributed by atoms with Gasteiger partial charge in [-0.25, -0.2) is 9.59 Å². The van der Waals surface area contributed by atoms with Crippen LogP contribution in [0.5, 0.6) is 0 Å². The number of fused-ring (bicyclic) bond motifs is 1. The van der Waals surface area contributed by atoms with Crippen LogP contribution in [0.3, 0.4) is 0 Å². The fourth-order valence-electron chi connectivity index (χ4n) is 4.93. The van der Waals surface area contributed by atoms with Crippen LogP contribution in [0.25, 0.3) is 0 Å². The maximum atomic E-state index is 13.8. The number of hydrogen-bond donors (Lipinski definition) is 0. The first kappa shape index (κ1) is 30.6. The molecule has 2 aliphatic rings. The second-order valence-corrected chi connectivity index (χ2v) is 9.66.